The Morgan fingerprint density at radius 2 is 0.879 bits per heavy atom. The molecule has 0 radical (unpaired) electrons. The van der Waals surface area contributed by atoms with Crippen LogP contribution in [0.3, 0.4) is 0 Å². The van der Waals surface area contributed by atoms with Crippen LogP contribution in [0.1, 0.15) is 25.0 Å². The fourth-order valence-electron chi connectivity index (χ4n) is 9.44. The van der Waals surface area contributed by atoms with Crippen molar-refractivity contribution < 1.29 is 0 Å². The van der Waals surface area contributed by atoms with Gasteiger partial charge < -0.3 is 4.90 Å². The molecular weight excluding hydrogens is 699 g/mol. The van der Waals surface area contributed by atoms with E-state index in [-0.39, 0.29) is 5.41 Å². The van der Waals surface area contributed by atoms with Crippen LogP contribution in [0.2, 0.25) is 0 Å². The number of hydrogen-bond donors (Lipinski definition) is 0. The summed E-state index contributed by atoms with van der Waals surface area (Å²) in [5, 5.41) is 7.52. The lowest BCUT2D eigenvalue weighted by atomic mass is 9.82. The summed E-state index contributed by atoms with van der Waals surface area (Å²) < 4.78 is 0. The van der Waals surface area contributed by atoms with E-state index in [9.17, 15) is 0 Å². The van der Waals surface area contributed by atoms with Gasteiger partial charge in [0.15, 0.2) is 0 Å². The maximum Gasteiger partial charge on any atom is 0.0468 e. The fourth-order valence-corrected chi connectivity index (χ4v) is 9.44. The second-order valence-corrected chi connectivity index (χ2v) is 16.2. The molecule has 1 heteroatoms. The van der Waals surface area contributed by atoms with Gasteiger partial charge in [-0.3, -0.25) is 0 Å². The van der Waals surface area contributed by atoms with Gasteiger partial charge in [-0.2, -0.15) is 0 Å². The van der Waals surface area contributed by atoms with Gasteiger partial charge in [-0.05, 0) is 136 Å². The molecule has 10 aromatic carbocycles. The Bertz CT molecular complexity index is 3190. The molecule has 1 nitrogen and oxygen atoms in total. The van der Waals surface area contributed by atoms with Gasteiger partial charge in [-0.15, -0.1) is 0 Å². The lowest BCUT2D eigenvalue weighted by Crippen LogP contribution is -2.14. The van der Waals surface area contributed by atoms with Crippen molar-refractivity contribution in [2.45, 2.75) is 19.3 Å². The van der Waals surface area contributed by atoms with Crippen molar-refractivity contribution in [2.75, 3.05) is 4.90 Å². The third kappa shape index (κ3) is 5.62. The quantitative estimate of drug-likeness (QED) is 0.154. The molecule has 0 unspecified atom stereocenters. The first-order chi connectivity index (χ1) is 28.5. The van der Waals surface area contributed by atoms with Crippen molar-refractivity contribution in [1.29, 1.82) is 0 Å². The van der Waals surface area contributed by atoms with Gasteiger partial charge in [-0.1, -0.05) is 178 Å². The summed E-state index contributed by atoms with van der Waals surface area (Å²) in [4.78, 5) is 2.40. The highest BCUT2D eigenvalue weighted by Crippen LogP contribution is 2.50. The molecule has 0 aromatic heterocycles. The van der Waals surface area contributed by atoms with Gasteiger partial charge in [0, 0.05) is 22.5 Å². The average molecular weight is 740 g/mol. The Hall–Kier alpha value is -7.22. The molecule has 0 aliphatic heterocycles. The summed E-state index contributed by atoms with van der Waals surface area (Å²) in [5.41, 5.74) is 16.1. The molecule has 11 rings (SSSR count). The summed E-state index contributed by atoms with van der Waals surface area (Å²) in [6.45, 7) is 4.69. The Labute approximate surface area is 340 Å². The summed E-state index contributed by atoms with van der Waals surface area (Å²) >= 11 is 0. The highest BCUT2D eigenvalue weighted by atomic mass is 15.1. The maximum atomic E-state index is 2.40. The molecule has 58 heavy (non-hydrogen) atoms. The molecule has 0 amide bonds. The minimum atomic E-state index is -0.0208. The zero-order chi connectivity index (χ0) is 38.8. The van der Waals surface area contributed by atoms with Crippen LogP contribution in [0.4, 0.5) is 17.1 Å². The topological polar surface area (TPSA) is 3.24 Å². The molecule has 1 aliphatic carbocycles. The molecule has 1 aliphatic rings. The van der Waals surface area contributed by atoms with Gasteiger partial charge in [0.05, 0.1) is 0 Å². The number of benzene rings is 10. The third-order valence-electron chi connectivity index (χ3n) is 12.4. The van der Waals surface area contributed by atoms with Crippen LogP contribution in [0.25, 0.3) is 76.8 Å². The smallest absolute Gasteiger partial charge is 0.0468 e. The first kappa shape index (κ1) is 34.1. The van der Waals surface area contributed by atoms with E-state index in [0.29, 0.717) is 0 Å². The lowest BCUT2D eigenvalue weighted by Gasteiger charge is -2.27. The van der Waals surface area contributed by atoms with Crippen LogP contribution >= 0.6 is 0 Å². The summed E-state index contributed by atoms with van der Waals surface area (Å²) in [5.74, 6) is 0. The van der Waals surface area contributed by atoms with Crippen molar-refractivity contribution in [3.63, 3.8) is 0 Å². The number of fused-ring (bicyclic) bond motifs is 7. The highest BCUT2D eigenvalue weighted by Gasteiger charge is 2.35. The Morgan fingerprint density at radius 3 is 1.78 bits per heavy atom. The first-order valence-corrected chi connectivity index (χ1v) is 20.2. The highest BCUT2D eigenvalue weighted by molar-refractivity contribution is 6.12. The summed E-state index contributed by atoms with van der Waals surface area (Å²) in [6.07, 6.45) is 0. The van der Waals surface area contributed by atoms with E-state index in [1.54, 1.807) is 0 Å². The summed E-state index contributed by atoms with van der Waals surface area (Å²) in [6, 6.07) is 78.2. The fraction of sp³-hybridized carbons (Fsp3) is 0.0526. The van der Waals surface area contributed by atoms with Gasteiger partial charge in [-0.25, -0.2) is 0 Å². The molecule has 0 N–H and O–H groups in total. The van der Waals surface area contributed by atoms with Crippen LogP contribution in [-0.2, 0) is 5.41 Å². The standard InChI is InChI=1S/C57H41N/c1-57(2)55-21-9-8-18-53(55)54-37-45(28-33-56(54)57)41-15-10-16-47(35-41)58(48-31-26-43-34-42(22-23-44(43)36-48)38-12-4-3-5-13-38)46-29-24-40(25-30-46)50-19-11-20-51-49-17-7-6-14-39(49)27-32-52(50)51/h3-37H,1-2H3. The van der Waals surface area contributed by atoms with Crippen LogP contribution in [-0.4, -0.2) is 0 Å². The van der Waals surface area contributed by atoms with Gasteiger partial charge in [0.1, 0.15) is 0 Å². The lowest BCUT2D eigenvalue weighted by molar-refractivity contribution is 0.660. The molecule has 0 spiro atoms. The molecule has 0 heterocycles. The molecule has 0 bridgehead atoms. The number of nitrogens with zero attached hydrogens (tertiary/aromatic N) is 1. The van der Waals surface area contributed by atoms with E-state index in [4.69, 9.17) is 0 Å². The minimum absolute atomic E-state index is 0.0208. The van der Waals surface area contributed by atoms with Gasteiger partial charge in [0.2, 0.25) is 0 Å². The number of anilines is 3. The second kappa shape index (κ2) is 13.5. The van der Waals surface area contributed by atoms with Crippen LogP contribution in [0, 0.1) is 0 Å². The first-order valence-electron chi connectivity index (χ1n) is 20.2. The van der Waals surface area contributed by atoms with E-state index < -0.39 is 0 Å². The molecule has 0 fully saturated rings. The van der Waals surface area contributed by atoms with Gasteiger partial charge >= 0.3 is 0 Å². The second-order valence-electron chi connectivity index (χ2n) is 16.2. The summed E-state index contributed by atoms with van der Waals surface area (Å²) in [7, 11) is 0. The van der Waals surface area contributed by atoms with Crippen molar-refractivity contribution in [1.82, 2.24) is 0 Å². The normalized spacial score (nSPS) is 12.8. The maximum absolute atomic E-state index is 2.40. The van der Waals surface area contributed by atoms with Crippen molar-refractivity contribution in [3.05, 3.63) is 223 Å². The molecule has 274 valence electrons. The predicted octanol–water partition coefficient (Wildman–Crippen LogP) is 15.9. The minimum Gasteiger partial charge on any atom is -0.310 e. The van der Waals surface area contributed by atoms with Crippen LogP contribution < -0.4 is 4.90 Å². The predicted molar refractivity (Wildman–Crippen MR) is 248 cm³/mol. The van der Waals surface area contributed by atoms with E-state index in [1.165, 1.54) is 88.0 Å². The largest absolute Gasteiger partial charge is 0.310 e. The SMILES string of the molecule is CC1(C)c2ccccc2-c2cc(-c3cccc(N(c4ccc(-c5cccc6c5ccc5ccccc56)cc4)c4ccc5cc(-c6ccccc6)ccc5c4)c3)ccc21. The van der Waals surface area contributed by atoms with Crippen molar-refractivity contribution in [3.8, 4) is 44.5 Å². The Morgan fingerprint density at radius 1 is 0.293 bits per heavy atom. The van der Waals surface area contributed by atoms with E-state index in [0.717, 1.165) is 17.1 Å². The van der Waals surface area contributed by atoms with Gasteiger partial charge in [0.25, 0.3) is 0 Å². The molecular formula is C57H41N. The van der Waals surface area contributed by atoms with Crippen molar-refractivity contribution in [2.24, 2.45) is 0 Å². The van der Waals surface area contributed by atoms with E-state index in [2.05, 4.69) is 231 Å². The van der Waals surface area contributed by atoms with E-state index in [1.807, 2.05) is 0 Å². The zero-order valence-corrected chi connectivity index (χ0v) is 32.7. The Kier molecular flexibility index (Phi) is 7.91. The number of hydrogen-bond acceptors (Lipinski definition) is 1. The Balaban J connectivity index is 1.03. The van der Waals surface area contributed by atoms with Crippen LogP contribution in [0.5, 0.6) is 0 Å². The van der Waals surface area contributed by atoms with Crippen LogP contribution in [0.15, 0.2) is 212 Å². The van der Waals surface area contributed by atoms with E-state index >= 15 is 0 Å². The molecule has 0 saturated carbocycles. The molecule has 0 saturated heterocycles. The number of rotatable bonds is 6. The van der Waals surface area contributed by atoms with Crippen molar-refractivity contribution >= 4 is 49.4 Å². The zero-order valence-electron chi connectivity index (χ0n) is 32.7. The molecule has 10 aromatic rings. The third-order valence-corrected chi connectivity index (χ3v) is 12.4. The molecule has 0 atom stereocenters. The average Bonchev–Trinajstić information content (AvgIpc) is 3.52. The monoisotopic (exact) mass is 739 g/mol.